The summed E-state index contributed by atoms with van der Waals surface area (Å²) in [5, 5.41) is 3.46. The largest absolute Gasteiger partial charge is 0.463 e. The average Bonchev–Trinajstić information content (AvgIpc) is 2.61. The van der Waals surface area contributed by atoms with Crippen LogP contribution in [0.5, 0.6) is 0 Å². The Kier molecular flexibility index (Phi) is 6.83. The van der Waals surface area contributed by atoms with E-state index in [2.05, 4.69) is 5.32 Å². The zero-order valence-electron chi connectivity index (χ0n) is 14.1. The Bertz CT molecular complexity index is 685. The molecule has 0 radical (unpaired) electrons. The first-order valence-corrected chi connectivity index (χ1v) is 8.38. The summed E-state index contributed by atoms with van der Waals surface area (Å²) in [5.41, 5.74) is 1.59. The molecule has 6 heteroatoms. The number of carbonyl (C=O) groups excluding carboxylic acids is 2. The van der Waals surface area contributed by atoms with E-state index < -0.39 is 17.9 Å². The standard InChI is InChI=1S/C19H20ClNO4/c1-3-24-18(22)16-11-21-12-17(19(23)25-4-2)15(16)10-7-13-5-8-14(20)9-6-13/h5-12,15,21H,3-4H2,1-2H3/b10-7+. The Morgan fingerprint density at radius 3 is 2.04 bits per heavy atom. The van der Waals surface area contributed by atoms with Gasteiger partial charge >= 0.3 is 11.9 Å². The smallest absolute Gasteiger partial charge is 0.336 e. The molecule has 1 heterocycles. The maximum Gasteiger partial charge on any atom is 0.336 e. The third-order valence-electron chi connectivity index (χ3n) is 3.52. The fourth-order valence-corrected chi connectivity index (χ4v) is 2.48. The molecule has 0 spiro atoms. The molecule has 0 fully saturated rings. The molecule has 0 aromatic heterocycles. The molecule has 0 bridgehead atoms. The number of nitrogens with one attached hydrogen (secondary N) is 1. The second kappa shape index (κ2) is 9.08. The summed E-state index contributed by atoms with van der Waals surface area (Å²) in [7, 11) is 0. The van der Waals surface area contributed by atoms with Crippen LogP contribution in [0.3, 0.4) is 0 Å². The van der Waals surface area contributed by atoms with Crippen LogP contribution in [-0.4, -0.2) is 25.2 Å². The summed E-state index contributed by atoms with van der Waals surface area (Å²) in [6.45, 7) is 3.97. The van der Waals surface area contributed by atoms with Gasteiger partial charge in [0.05, 0.1) is 24.4 Å². The highest BCUT2D eigenvalue weighted by Gasteiger charge is 2.30. The summed E-state index contributed by atoms with van der Waals surface area (Å²) in [6, 6.07) is 7.24. The van der Waals surface area contributed by atoms with Crippen LogP contribution in [0.25, 0.3) is 6.08 Å². The quantitative estimate of drug-likeness (QED) is 0.786. The first-order valence-electron chi connectivity index (χ1n) is 8.01. The van der Waals surface area contributed by atoms with Gasteiger partial charge in [-0.15, -0.1) is 0 Å². The number of benzene rings is 1. The van der Waals surface area contributed by atoms with E-state index in [4.69, 9.17) is 21.1 Å². The van der Waals surface area contributed by atoms with Crippen LogP contribution < -0.4 is 5.32 Å². The van der Waals surface area contributed by atoms with Crippen molar-refractivity contribution in [1.82, 2.24) is 5.32 Å². The zero-order valence-corrected chi connectivity index (χ0v) is 14.9. The van der Waals surface area contributed by atoms with Crippen molar-refractivity contribution in [2.24, 2.45) is 5.92 Å². The van der Waals surface area contributed by atoms with Gasteiger partial charge in [-0.05, 0) is 31.5 Å². The lowest BCUT2D eigenvalue weighted by molar-refractivity contribution is -0.139. The zero-order chi connectivity index (χ0) is 18.2. The molecule has 0 unspecified atom stereocenters. The first kappa shape index (κ1) is 18.8. The molecular formula is C19H20ClNO4. The molecule has 0 atom stereocenters. The number of rotatable bonds is 6. The van der Waals surface area contributed by atoms with E-state index in [1.54, 1.807) is 32.1 Å². The predicted octanol–water partition coefficient (Wildman–Crippen LogP) is 3.47. The Balaban J connectivity index is 2.31. The molecule has 0 saturated heterocycles. The number of hydrogen-bond acceptors (Lipinski definition) is 5. The third-order valence-corrected chi connectivity index (χ3v) is 3.77. The van der Waals surface area contributed by atoms with Crippen LogP contribution >= 0.6 is 11.6 Å². The second-order valence-corrected chi connectivity index (χ2v) is 5.63. The fraction of sp³-hybridized carbons (Fsp3) is 0.263. The number of hydrogen-bond donors (Lipinski definition) is 1. The van der Waals surface area contributed by atoms with E-state index >= 15 is 0 Å². The predicted molar refractivity (Wildman–Crippen MR) is 96.5 cm³/mol. The SMILES string of the molecule is CCOC(=O)C1=CNC=C(C(=O)OCC)C1/C=C/c1ccc(Cl)cc1. The lowest BCUT2D eigenvalue weighted by atomic mass is 9.89. The minimum Gasteiger partial charge on any atom is -0.463 e. The van der Waals surface area contributed by atoms with Gasteiger partial charge in [0.25, 0.3) is 0 Å². The lowest BCUT2D eigenvalue weighted by Gasteiger charge is -2.22. The minimum absolute atomic E-state index is 0.252. The highest BCUT2D eigenvalue weighted by Crippen LogP contribution is 2.27. The molecule has 1 aliphatic heterocycles. The lowest BCUT2D eigenvalue weighted by Crippen LogP contribution is -2.27. The summed E-state index contributed by atoms with van der Waals surface area (Å²) in [4.78, 5) is 24.5. The molecule has 132 valence electrons. The minimum atomic E-state index is -0.560. The van der Waals surface area contributed by atoms with Gasteiger partial charge in [-0.1, -0.05) is 35.9 Å². The van der Waals surface area contributed by atoms with Crippen molar-refractivity contribution in [3.05, 3.63) is 64.5 Å². The van der Waals surface area contributed by atoms with Crippen molar-refractivity contribution in [2.75, 3.05) is 13.2 Å². The van der Waals surface area contributed by atoms with Crippen LogP contribution in [0.2, 0.25) is 5.02 Å². The van der Waals surface area contributed by atoms with Crippen LogP contribution in [-0.2, 0) is 19.1 Å². The fourth-order valence-electron chi connectivity index (χ4n) is 2.36. The average molecular weight is 362 g/mol. The van der Waals surface area contributed by atoms with E-state index in [-0.39, 0.29) is 13.2 Å². The normalized spacial score (nSPS) is 14.5. The van der Waals surface area contributed by atoms with Gasteiger partial charge in [0.1, 0.15) is 0 Å². The summed E-state index contributed by atoms with van der Waals surface area (Å²) in [5.74, 6) is -1.51. The van der Waals surface area contributed by atoms with Crippen molar-refractivity contribution >= 4 is 29.6 Å². The summed E-state index contributed by atoms with van der Waals surface area (Å²) in [6.07, 6.45) is 6.68. The van der Waals surface area contributed by atoms with Crippen molar-refractivity contribution in [1.29, 1.82) is 0 Å². The van der Waals surface area contributed by atoms with Crippen LogP contribution in [0.15, 0.2) is 53.9 Å². The van der Waals surface area contributed by atoms with Gasteiger partial charge in [0.15, 0.2) is 0 Å². The van der Waals surface area contributed by atoms with Gasteiger partial charge < -0.3 is 14.8 Å². The third kappa shape index (κ3) is 4.97. The molecule has 1 N–H and O–H groups in total. The Morgan fingerprint density at radius 2 is 1.56 bits per heavy atom. The van der Waals surface area contributed by atoms with Gasteiger partial charge in [-0.25, -0.2) is 9.59 Å². The van der Waals surface area contributed by atoms with E-state index in [0.29, 0.717) is 16.2 Å². The number of ether oxygens (including phenoxy) is 2. The van der Waals surface area contributed by atoms with E-state index in [1.807, 2.05) is 18.2 Å². The molecular weight excluding hydrogens is 342 g/mol. The van der Waals surface area contributed by atoms with Crippen LogP contribution in [0, 0.1) is 5.92 Å². The molecule has 0 saturated carbocycles. The molecule has 1 aromatic carbocycles. The molecule has 5 nitrogen and oxygen atoms in total. The van der Waals surface area contributed by atoms with Gasteiger partial charge in [-0.2, -0.15) is 0 Å². The van der Waals surface area contributed by atoms with Gasteiger partial charge in [0.2, 0.25) is 0 Å². The van der Waals surface area contributed by atoms with Crippen molar-refractivity contribution in [3.63, 3.8) is 0 Å². The Morgan fingerprint density at radius 1 is 1.04 bits per heavy atom. The number of dihydropyridines is 1. The maximum atomic E-state index is 12.2. The Labute approximate surface area is 152 Å². The second-order valence-electron chi connectivity index (χ2n) is 5.20. The van der Waals surface area contributed by atoms with Crippen molar-refractivity contribution in [2.45, 2.75) is 13.8 Å². The maximum absolute atomic E-state index is 12.2. The van der Waals surface area contributed by atoms with Gasteiger partial charge in [-0.3, -0.25) is 0 Å². The van der Waals surface area contributed by atoms with E-state index in [1.165, 1.54) is 12.4 Å². The van der Waals surface area contributed by atoms with E-state index in [0.717, 1.165) is 5.56 Å². The Hall–Kier alpha value is -2.53. The number of halogens is 1. The van der Waals surface area contributed by atoms with Crippen molar-refractivity contribution in [3.8, 4) is 0 Å². The molecule has 0 aliphatic carbocycles. The van der Waals surface area contributed by atoms with Crippen LogP contribution in [0.1, 0.15) is 19.4 Å². The number of allylic oxidation sites excluding steroid dienone is 1. The number of esters is 2. The first-order chi connectivity index (χ1) is 12.1. The highest BCUT2D eigenvalue weighted by atomic mass is 35.5. The van der Waals surface area contributed by atoms with Crippen LogP contribution in [0.4, 0.5) is 0 Å². The monoisotopic (exact) mass is 361 g/mol. The molecule has 1 aliphatic rings. The van der Waals surface area contributed by atoms with Gasteiger partial charge in [0, 0.05) is 23.3 Å². The molecule has 2 rings (SSSR count). The van der Waals surface area contributed by atoms with Crippen molar-refractivity contribution < 1.29 is 19.1 Å². The highest BCUT2D eigenvalue weighted by molar-refractivity contribution is 6.30. The topological polar surface area (TPSA) is 64.6 Å². The molecule has 1 aromatic rings. The van der Waals surface area contributed by atoms with E-state index in [9.17, 15) is 9.59 Å². The summed E-state index contributed by atoms with van der Waals surface area (Å²) >= 11 is 5.89. The molecule has 0 amide bonds. The summed E-state index contributed by atoms with van der Waals surface area (Å²) < 4.78 is 10.2. The number of carbonyl (C=O) groups is 2. The molecule has 25 heavy (non-hydrogen) atoms.